The number of carbonyl (C=O) groups is 1. The van der Waals surface area contributed by atoms with Crippen molar-refractivity contribution in [3.63, 3.8) is 0 Å². The number of nitrogens with one attached hydrogen (secondary N) is 1. The highest BCUT2D eigenvalue weighted by molar-refractivity contribution is 5.92. The van der Waals surface area contributed by atoms with Crippen molar-refractivity contribution in [1.82, 2.24) is 29.9 Å². The molecule has 1 aromatic carbocycles. The van der Waals surface area contributed by atoms with Crippen molar-refractivity contribution in [2.75, 3.05) is 0 Å². The summed E-state index contributed by atoms with van der Waals surface area (Å²) in [4.78, 5) is 12.6. The quantitative estimate of drug-likeness (QED) is 0.769. The highest BCUT2D eigenvalue weighted by atomic mass is 19.1. The Hall–Kier alpha value is -3.03. The number of nitrogens with zero attached hydrogens (tertiary/aromatic N) is 5. The summed E-state index contributed by atoms with van der Waals surface area (Å²) in [7, 11) is 0. The van der Waals surface area contributed by atoms with E-state index >= 15 is 0 Å². The molecule has 1 N–H and O–H groups in total. The Labute approximate surface area is 155 Å². The predicted octanol–water partition coefficient (Wildman–Crippen LogP) is 1.97. The molecular weight excluding hydrogens is 347 g/mol. The van der Waals surface area contributed by atoms with Crippen molar-refractivity contribution in [1.29, 1.82) is 0 Å². The van der Waals surface area contributed by atoms with Crippen molar-refractivity contribution in [3.8, 4) is 11.4 Å². The molecule has 27 heavy (non-hydrogen) atoms. The van der Waals surface area contributed by atoms with Crippen molar-refractivity contribution in [2.45, 2.75) is 44.8 Å². The third kappa shape index (κ3) is 2.90. The summed E-state index contributed by atoms with van der Waals surface area (Å²) in [5.41, 5.74) is 2.43. The van der Waals surface area contributed by atoms with Crippen LogP contribution in [0.2, 0.25) is 0 Å². The number of benzene rings is 1. The Bertz CT molecular complexity index is 984. The molecule has 7 nitrogen and oxygen atoms in total. The van der Waals surface area contributed by atoms with Crippen LogP contribution in [0.1, 0.15) is 34.8 Å². The van der Waals surface area contributed by atoms with E-state index in [-0.39, 0.29) is 17.8 Å². The first-order chi connectivity index (χ1) is 13.2. The average molecular weight is 366 g/mol. The highest BCUT2D eigenvalue weighted by Gasteiger charge is 2.26. The van der Waals surface area contributed by atoms with Gasteiger partial charge in [0.25, 0.3) is 5.91 Å². The summed E-state index contributed by atoms with van der Waals surface area (Å²) in [6, 6.07) is 8.09. The van der Waals surface area contributed by atoms with E-state index in [4.69, 9.17) is 0 Å². The second kappa shape index (κ2) is 6.29. The molecule has 0 saturated carbocycles. The van der Waals surface area contributed by atoms with Gasteiger partial charge in [-0.1, -0.05) is 0 Å². The van der Waals surface area contributed by atoms with E-state index in [1.807, 2.05) is 15.3 Å². The third-order valence-corrected chi connectivity index (χ3v) is 5.28. The molecule has 0 radical (unpaired) electrons. The minimum absolute atomic E-state index is 0.0169. The van der Waals surface area contributed by atoms with Crippen LogP contribution in [0, 0.1) is 5.82 Å². The van der Waals surface area contributed by atoms with Gasteiger partial charge in [0.15, 0.2) is 5.82 Å². The van der Waals surface area contributed by atoms with Gasteiger partial charge < -0.3 is 9.88 Å². The van der Waals surface area contributed by atoms with Gasteiger partial charge in [-0.2, -0.15) is 5.10 Å². The fraction of sp³-hybridized carbons (Fsp3) is 0.368. The number of rotatable bonds is 3. The van der Waals surface area contributed by atoms with Crippen molar-refractivity contribution >= 4 is 5.91 Å². The van der Waals surface area contributed by atoms with Gasteiger partial charge in [-0.25, -0.2) is 4.39 Å². The molecule has 1 atom stereocenters. The third-order valence-electron chi connectivity index (χ3n) is 5.28. The SMILES string of the molecule is O=C(NC1CCc2nnc(-c3ccc(F)cc3)n2C1)c1cc2n(n1)CCC2. The van der Waals surface area contributed by atoms with Crippen LogP contribution < -0.4 is 5.32 Å². The molecule has 2 aliphatic rings. The Kier molecular flexibility index (Phi) is 3.77. The van der Waals surface area contributed by atoms with Gasteiger partial charge in [0.05, 0.1) is 0 Å². The monoisotopic (exact) mass is 366 g/mol. The summed E-state index contributed by atoms with van der Waals surface area (Å²) < 4.78 is 17.1. The molecule has 4 heterocycles. The number of amides is 1. The molecule has 138 valence electrons. The van der Waals surface area contributed by atoms with Crippen LogP contribution in [-0.2, 0) is 25.9 Å². The van der Waals surface area contributed by atoms with E-state index in [0.717, 1.165) is 49.3 Å². The number of hydrogen-bond donors (Lipinski definition) is 1. The number of aryl methyl sites for hydroxylation is 3. The fourth-order valence-corrected chi connectivity index (χ4v) is 3.89. The first-order valence-electron chi connectivity index (χ1n) is 9.23. The largest absolute Gasteiger partial charge is 0.346 e. The van der Waals surface area contributed by atoms with Gasteiger partial charge in [0.2, 0.25) is 0 Å². The minimum atomic E-state index is -0.283. The second-order valence-corrected chi connectivity index (χ2v) is 7.11. The van der Waals surface area contributed by atoms with E-state index < -0.39 is 0 Å². The maximum Gasteiger partial charge on any atom is 0.272 e. The lowest BCUT2D eigenvalue weighted by Gasteiger charge is -2.25. The molecule has 0 spiro atoms. The zero-order valence-corrected chi connectivity index (χ0v) is 14.7. The van der Waals surface area contributed by atoms with Gasteiger partial charge in [0.1, 0.15) is 17.3 Å². The number of hydrogen-bond acceptors (Lipinski definition) is 4. The maximum absolute atomic E-state index is 13.2. The van der Waals surface area contributed by atoms with Gasteiger partial charge in [-0.05, 0) is 49.6 Å². The van der Waals surface area contributed by atoms with Gasteiger partial charge in [-0.3, -0.25) is 9.48 Å². The van der Waals surface area contributed by atoms with Crippen LogP contribution in [0.25, 0.3) is 11.4 Å². The predicted molar refractivity (Wildman–Crippen MR) is 95.5 cm³/mol. The lowest BCUT2D eigenvalue weighted by Crippen LogP contribution is -2.41. The van der Waals surface area contributed by atoms with E-state index in [0.29, 0.717) is 18.1 Å². The topological polar surface area (TPSA) is 77.6 Å². The number of carbonyl (C=O) groups excluding carboxylic acids is 1. The smallest absolute Gasteiger partial charge is 0.272 e. The molecule has 0 aliphatic carbocycles. The highest BCUT2D eigenvalue weighted by Crippen LogP contribution is 2.23. The van der Waals surface area contributed by atoms with Crippen LogP contribution in [0.15, 0.2) is 30.3 Å². The van der Waals surface area contributed by atoms with E-state index in [2.05, 4.69) is 20.6 Å². The molecule has 0 fully saturated rings. The van der Waals surface area contributed by atoms with Crippen LogP contribution >= 0.6 is 0 Å². The zero-order chi connectivity index (χ0) is 18.4. The Morgan fingerprint density at radius 2 is 2.04 bits per heavy atom. The van der Waals surface area contributed by atoms with Crippen molar-refractivity contribution in [3.05, 3.63) is 53.4 Å². The summed E-state index contributed by atoms with van der Waals surface area (Å²) in [5, 5.41) is 16.0. The molecule has 8 heteroatoms. The standard InChI is InChI=1S/C19H19FN6O/c20-13-5-3-12(4-6-13)18-23-22-17-8-7-14(11-25(17)18)21-19(27)16-10-15-2-1-9-26(15)24-16/h3-6,10,14H,1-2,7-9,11H2,(H,21,27). The normalized spacial score (nSPS) is 18.2. The molecule has 2 aromatic heterocycles. The number of aromatic nitrogens is 5. The molecule has 2 aliphatic heterocycles. The van der Waals surface area contributed by atoms with Crippen LogP contribution in [0.5, 0.6) is 0 Å². The average Bonchev–Trinajstić information content (AvgIpc) is 3.36. The lowest BCUT2D eigenvalue weighted by molar-refractivity contribution is 0.0921. The molecule has 5 rings (SSSR count). The summed E-state index contributed by atoms with van der Waals surface area (Å²) in [6.45, 7) is 1.48. The summed E-state index contributed by atoms with van der Waals surface area (Å²) in [5.74, 6) is 1.17. The van der Waals surface area contributed by atoms with Gasteiger partial charge in [-0.15, -0.1) is 10.2 Å². The number of halogens is 1. The van der Waals surface area contributed by atoms with Crippen molar-refractivity contribution < 1.29 is 9.18 Å². The Morgan fingerprint density at radius 3 is 2.85 bits per heavy atom. The molecule has 1 unspecified atom stereocenters. The zero-order valence-electron chi connectivity index (χ0n) is 14.7. The molecule has 1 amide bonds. The minimum Gasteiger partial charge on any atom is -0.346 e. The van der Waals surface area contributed by atoms with E-state index in [1.54, 1.807) is 12.1 Å². The lowest BCUT2D eigenvalue weighted by atomic mass is 10.1. The first-order valence-corrected chi connectivity index (χ1v) is 9.23. The number of fused-ring (bicyclic) bond motifs is 2. The van der Waals surface area contributed by atoms with Gasteiger partial charge in [0, 0.05) is 36.8 Å². The molecule has 0 bridgehead atoms. The Balaban J connectivity index is 1.34. The molecule has 0 saturated heterocycles. The fourth-order valence-electron chi connectivity index (χ4n) is 3.89. The van der Waals surface area contributed by atoms with Crippen LogP contribution in [0.3, 0.4) is 0 Å². The first kappa shape index (κ1) is 16.2. The van der Waals surface area contributed by atoms with E-state index in [9.17, 15) is 9.18 Å². The second-order valence-electron chi connectivity index (χ2n) is 7.11. The summed E-state index contributed by atoms with van der Waals surface area (Å²) in [6.07, 6.45) is 3.61. The van der Waals surface area contributed by atoms with Crippen LogP contribution in [-0.4, -0.2) is 36.5 Å². The van der Waals surface area contributed by atoms with Crippen LogP contribution in [0.4, 0.5) is 4.39 Å². The molecular formula is C19H19FN6O. The maximum atomic E-state index is 13.2. The van der Waals surface area contributed by atoms with Crippen molar-refractivity contribution in [2.24, 2.45) is 0 Å². The van der Waals surface area contributed by atoms with E-state index in [1.165, 1.54) is 12.1 Å². The Morgan fingerprint density at radius 1 is 1.19 bits per heavy atom. The molecule has 3 aromatic rings. The van der Waals surface area contributed by atoms with Gasteiger partial charge >= 0.3 is 0 Å². The summed E-state index contributed by atoms with van der Waals surface area (Å²) >= 11 is 0.